The lowest BCUT2D eigenvalue weighted by atomic mass is 10.1. The Morgan fingerprint density at radius 3 is 1.93 bits per heavy atom. The van der Waals surface area contributed by atoms with Crippen molar-refractivity contribution in [1.82, 2.24) is 0 Å². The van der Waals surface area contributed by atoms with Gasteiger partial charge < -0.3 is 4.74 Å². The molecule has 0 saturated heterocycles. The van der Waals surface area contributed by atoms with Crippen LogP contribution in [-0.4, -0.2) is 10.9 Å². The number of ether oxygens (including phenoxy) is 1. The summed E-state index contributed by atoms with van der Waals surface area (Å²) in [4.78, 5) is 21.9. The number of rotatable bonds is 17. The Bertz CT molecular complexity index is 595. The van der Waals surface area contributed by atoms with Crippen molar-refractivity contribution in [2.45, 2.75) is 96.8 Å². The van der Waals surface area contributed by atoms with E-state index >= 15 is 0 Å². The van der Waals surface area contributed by atoms with Gasteiger partial charge in [-0.15, -0.1) is 0 Å². The first-order valence-corrected chi connectivity index (χ1v) is 11.2. The Balaban J connectivity index is 1.92. The molecule has 0 bridgehead atoms. The zero-order chi connectivity index (χ0) is 21.2. The third-order valence-corrected chi connectivity index (χ3v) is 4.92. The summed E-state index contributed by atoms with van der Waals surface area (Å²) < 4.78 is 5.20. The van der Waals surface area contributed by atoms with Gasteiger partial charge >= 0.3 is 5.97 Å². The summed E-state index contributed by atoms with van der Waals surface area (Å²) in [7, 11) is 0. The van der Waals surface area contributed by atoms with E-state index in [2.05, 4.69) is 19.1 Å². The molecule has 1 aromatic carbocycles. The van der Waals surface area contributed by atoms with Crippen molar-refractivity contribution >= 4 is 11.7 Å². The second-order valence-electron chi connectivity index (χ2n) is 7.56. The zero-order valence-electron chi connectivity index (χ0n) is 17.9. The second kappa shape index (κ2) is 16.8. The molecule has 0 unspecified atom stereocenters. The molecule has 0 aromatic heterocycles. The molecule has 0 aliphatic carbocycles. The molecule has 0 fully saturated rings. The monoisotopic (exact) mass is 403 g/mol. The summed E-state index contributed by atoms with van der Waals surface area (Å²) in [6.07, 6.45) is 20.9. The van der Waals surface area contributed by atoms with E-state index in [0.29, 0.717) is 12.2 Å². The molecule has 0 heterocycles. The van der Waals surface area contributed by atoms with E-state index in [9.17, 15) is 14.9 Å². The lowest BCUT2D eigenvalue weighted by Gasteiger charge is -2.04. The van der Waals surface area contributed by atoms with Gasteiger partial charge in [0.15, 0.2) is 0 Å². The van der Waals surface area contributed by atoms with Crippen molar-refractivity contribution in [3.63, 3.8) is 0 Å². The van der Waals surface area contributed by atoms with E-state index < -0.39 is 4.92 Å². The first kappa shape index (κ1) is 24.9. The number of unbranched alkanes of at least 4 members (excludes halogenated alkanes) is 11. The van der Waals surface area contributed by atoms with Crippen LogP contribution in [0.2, 0.25) is 0 Å². The molecule has 29 heavy (non-hydrogen) atoms. The quantitative estimate of drug-likeness (QED) is 0.0672. The number of nitro groups is 1. The molecule has 0 aliphatic rings. The summed E-state index contributed by atoms with van der Waals surface area (Å²) in [6, 6.07) is 5.59. The van der Waals surface area contributed by atoms with E-state index in [1.807, 2.05) is 0 Å². The van der Waals surface area contributed by atoms with Crippen molar-refractivity contribution in [2.24, 2.45) is 0 Å². The number of carbonyl (C=O) groups excluding carboxylic acids is 1. The zero-order valence-corrected chi connectivity index (χ0v) is 17.9. The van der Waals surface area contributed by atoms with Crippen molar-refractivity contribution < 1.29 is 14.5 Å². The maximum absolute atomic E-state index is 11.8. The van der Waals surface area contributed by atoms with Gasteiger partial charge in [0.1, 0.15) is 5.75 Å². The Labute approximate surface area is 175 Å². The maximum atomic E-state index is 11.8. The van der Waals surface area contributed by atoms with Crippen LogP contribution in [0.5, 0.6) is 5.75 Å². The smallest absolute Gasteiger partial charge is 0.311 e. The minimum Gasteiger partial charge on any atom is -0.427 e. The van der Waals surface area contributed by atoms with Crippen LogP contribution >= 0.6 is 0 Å². The molecular weight excluding hydrogens is 366 g/mol. The van der Waals surface area contributed by atoms with Crippen molar-refractivity contribution in [3.8, 4) is 5.75 Å². The van der Waals surface area contributed by atoms with Crippen LogP contribution in [0.15, 0.2) is 36.4 Å². The summed E-state index contributed by atoms with van der Waals surface area (Å²) in [5, 5.41) is 10.6. The first-order chi connectivity index (χ1) is 14.1. The van der Waals surface area contributed by atoms with Gasteiger partial charge in [-0.3, -0.25) is 14.9 Å². The molecule has 5 heteroatoms. The summed E-state index contributed by atoms with van der Waals surface area (Å²) in [6.45, 7) is 2.24. The summed E-state index contributed by atoms with van der Waals surface area (Å²) >= 11 is 0. The molecule has 0 atom stereocenters. The van der Waals surface area contributed by atoms with Gasteiger partial charge in [0.05, 0.1) is 4.92 Å². The highest BCUT2D eigenvalue weighted by atomic mass is 16.6. The predicted octanol–water partition coefficient (Wildman–Crippen LogP) is 7.54. The topological polar surface area (TPSA) is 69.4 Å². The third-order valence-electron chi connectivity index (χ3n) is 4.92. The van der Waals surface area contributed by atoms with Crippen LogP contribution in [0.25, 0.3) is 0 Å². The van der Waals surface area contributed by atoms with Crippen LogP contribution in [0.3, 0.4) is 0 Å². The Kier molecular flexibility index (Phi) is 14.4. The lowest BCUT2D eigenvalue weighted by molar-refractivity contribution is -0.384. The standard InChI is InChI=1S/C24H37NO4/c1-2-3-4-5-6-7-8-9-10-11-12-13-14-15-16-17-24(26)29-23-20-18-22(19-21-23)25(27)28/h7-8,18-21H,2-6,9-17H2,1H3. The van der Waals surface area contributed by atoms with Crippen molar-refractivity contribution in [3.05, 3.63) is 46.5 Å². The van der Waals surface area contributed by atoms with Crippen molar-refractivity contribution in [1.29, 1.82) is 0 Å². The highest BCUT2D eigenvalue weighted by Crippen LogP contribution is 2.18. The number of esters is 1. The van der Waals surface area contributed by atoms with Gasteiger partial charge in [-0.05, 0) is 44.2 Å². The van der Waals surface area contributed by atoms with Crippen molar-refractivity contribution in [2.75, 3.05) is 0 Å². The lowest BCUT2D eigenvalue weighted by Crippen LogP contribution is -2.07. The number of benzene rings is 1. The molecular formula is C24H37NO4. The predicted molar refractivity (Wildman–Crippen MR) is 118 cm³/mol. The second-order valence-corrected chi connectivity index (χ2v) is 7.56. The number of nitro benzene ring substituents is 1. The fourth-order valence-electron chi connectivity index (χ4n) is 3.16. The van der Waals surface area contributed by atoms with Crippen LogP contribution in [0.4, 0.5) is 5.69 Å². The van der Waals surface area contributed by atoms with E-state index in [0.717, 1.165) is 19.3 Å². The maximum Gasteiger partial charge on any atom is 0.311 e. The Morgan fingerprint density at radius 1 is 0.862 bits per heavy atom. The van der Waals surface area contributed by atoms with E-state index in [1.54, 1.807) is 0 Å². The first-order valence-electron chi connectivity index (χ1n) is 11.2. The van der Waals surface area contributed by atoms with Gasteiger partial charge in [0.2, 0.25) is 0 Å². The van der Waals surface area contributed by atoms with Gasteiger partial charge in [-0.25, -0.2) is 0 Å². The molecule has 0 aliphatic heterocycles. The number of allylic oxidation sites excluding steroid dienone is 2. The average Bonchev–Trinajstić information content (AvgIpc) is 2.71. The summed E-state index contributed by atoms with van der Waals surface area (Å²) in [5.41, 5.74) is -0.0109. The Morgan fingerprint density at radius 2 is 1.38 bits per heavy atom. The third kappa shape index (κ3) is 13.6. The van der Waals surface area contributed by atoms with Gasteiger partial charge in [0.25, 0.3) is 5.69 Å². The highest BCUT2D eigenvalue weighted by Gasteiger charge is 2.08. The normalized spacial score (nSPS) is 11.1. The van der Waals surface area contributed by atoms with Crippen LogP contribution in [-0.2, 0) is 4.79 Å². The van der Waals surface area contributed by atoms with E-state index in [-0.39, 0.29) is 11.7 Å². The molecule has 1 aromatic rings. The number of carbonyl (C=O) groups is 1. The SMILES string of the molecule is CCCCCCC=CCCCCCCCCCC(=O)Oc1ccc([N+](=O)[O-])cc1. The highest BCUT2D eigenvalue weighted by molar-refractivity contribution is 5.72. The van der Waals surface area contributed by atoms with E-state index in [1.165, 1.54) is 88.5 Å². The molecule has 0 radical (unpaired) electrons. The van der Waals surface area contributed by atoms with Crippen LogP contribution in [0, 0.1) is 10.1 Å². The number of hydrogen-bond acceptors (Lipinski definition) is 4. The van der Waals surface area contributed by atoms with E-state index in [4.69, 9.17) is 4.74 Å². The number of nitrogens with zero attached hydrogens (tertiary/aromatic N) is 1. The molecule has 5 nitrogen and oxygen atoms in total. The minimum absolute atomic E-state index is 0.0109. The average molecular weight is 404 g/mol. The fraction of sp³-hybridized carbons (Fsp3) is 0.625. The van der Waals surface area contributed by atoms with Crippen LogP contribution in [0.1, 0.15) is 96.8 Å². The molecule has 162 valence electrons. The molecule has 0 amide bonds. The van der Waals surface area contributed by atoms with Gasteiger partial charge in [-0.2, -0.15) is 0 Å². The fourth-order valence-corrected chi connectivity index (χ4v) is 3.16. The van der Waals surface area contributed by atoms with Gasteiger partial charge in [-0.1, -0.05) is 70.4 Å². The minimum atomic E-state index is -0.474. The largest absolute Gasteiger partial charge is 0.427 e. The molecule has 1 rings (SSSR count). The molecule has 0 N–H and O–H groups in total. The Hall–Kier alpha value is -2.17. The number of hydrogen-bond donors (Lipinski definition) is 0. The van der Waals surface area contributed by atoms with Gasteiger partial charge in [0, 0.05) is 18.6 Å². The summed E-state index contributed by atoms with van der Waals surface area (Å²) in [5.74, 6) is 0.0796. The molecule has 0 saturated carbocycles. The van der Waals surface area contributed by atoms with Crippen LogP contribution < -0.4 is 4.74 Å². The molecule has 0 spiro atoms. The number of non-ortho nitro benzene ring substituents is 1.